The van der Waals surface area contributed by atoms with Gasteiger partial charge in [0, 0.05) is 22.2 Å². The molecule has 0 aliphatic carbocycles. The molecular formula is C19H21N2O+. The van der Waals surface area contributed by atoms with Crippen molar-refractivity contribution in [3.05, 3.63) is 71.4 Å². The lowest BCUT2D eigenvalue weighted by molar-refractivity contribution is -0.884. The van der Waals surface area contributed by atoms with Crippen molar-refractivity contribution in [3.63, 3.8) is 0 Å². The van der Waals surface area contributed by atoms with Gasteiger partial charge in [-0.05, 0) is 13.0 Å². The Morgan fingerprint density at radius 1 is 1.05 bits per heavy atom. The maximum absolute atomic E-state index is 12.7. The molecule has 2 N–H and O–H groups in total. The summed E-state index contributed by atoms with van der Waals surface area (Å²) in [6, 6.07) is 18.3. The SMILES string of the molecule is Cc1[nH]c2ccccc2c1C(=O)C[NH+](C)Cc1ccccc1. The van der Waals surface area contributed by atoms with Gasteiger partial charge in [-0.15, -0.1) is 0 Å². The molecule has 1 atom stereocenters. The number of likely N-dealkylation sites (N-methyl/N-ethyl adjacent to an activating group) is 1. The first-order valence-corrected chi connectivity index (χ1v) is 7.61. The van der Waals surface area contributed by atoms with Gasteiger partial charge in [-0.2, -0.15) is 0 Å². The third kappa shape index (κ3) is 2.95. The summed E-state index contributed by atoms with van der Waals surface area (Å²) in [5, 5.41) is 1.03. The highest BCUT2D eigenvalue weighted by Gasteiger charge is 2.19. The molecule has 1 aromatic heterocycles. The van der Waals surface area contributed by atoms with Crippen LogP contribution in [0.2, 0.25) is 0 Å². The molecule has 2 aromatic carbocycles. The van der Waals surface area contributed by atoms with Gasteiger partial charge in [-0.25, -0.2) is 0 Å². The van der Waals surface area contributed by atoms with Crippen molar-refractivity contribution < 1.29 is 9.69 Å². The lowest BCUT2D eigenvalue weighted by Gasteiger charge is -2.13. The largest absolute Gasteiger partial charge is 0.358 e. The number of aryl methyl sites for hydroxylation is 1. The molecule has 0 saturated heterocycles. The molecule has 0 aliphatic rings. The number of para-hydroxylation sites is 1. The van der Waals surface area contributed by atoms with E-state index in [4.69, 9.17) is 0 Å². The minimum absolute atomic E-state index is 0.198. The van der Waals surface area contributed by atoms with Crippen LogP contribution in [0.4, 0.5) is 0 Å². The first-order valence-electron chi connectivity index (χ1n) is 7.61. The van der Waals surface area contributed by atoms with Crippen molar-refractivity contribution in [2.45, 2.75) is 13.5 Å². The summed E-state index contributed by atoms with van der Waals surface area (Å²) < 4.78 is 0. The Bertz CT molecular complexity index is 790. The van der Waals surface area contributed by atoms with Gasteiger partial charge in [0.05, 0.1) is 12.6 Å². The molecule has 0 spiro atoms. The van der Waals surface area contributed by atoms with E-state index in [1.165, 1.54) is 10.5 Å². The number of ketones is 1. The van der Waals surface area contributed by atoms with E-state index in [-0.39, 0.29) is 5.78 Å². The zero-order valence-electron chi connectivity index (χ0n) is 13.0. The van der Waals surface area contributed by atoms with Crippen LogP contribution in [0, 0.1) is 6.92 Å². The summed E-state index contributed by atoms with van der Waals surface area (Å²) in [5.41, 5.74) is 4.08. The van der Waals surface area contributed by atoms with Crippen LogP contribution in [0.5, 0.6) is 0 Å². The Balaban J connectivity index is 1.77. The zero-order valence-corrected chi connectivity index (χ0v) is 13.0. The van der Waals surface area contributed by atoms with Crippen LogP contribution in [-0.2, 0) is 6.54 Å². The number of Topliss-reactive ketones (excluding diaryl/α,β-unsaturated/α-hetero) is 1. The summed E-state index contributed by atoms with van der Waals surface area (Å²) in [6.45, 7) is 3.32. The van der Waals surface area contributed by atoms with Gasteiger partial charge in [-0.1, -0.05) is 48.5 Å². The molecule has 0 saturated carbocycles. The summed E-state index contributed by atoms with van der Waals surface area (Å²) >= 11 is 0. The number of hydrogen-bond donors (Lipinski definition) is 2. The van der Waals surface area contributed by atoms with E-state index in [0.29, 0.717) is 6.54 Å². The predicted octanol–water partition coefficient (Wildman–Crippen LogP) is 2.37. The van der Waals surface area contributed by atoms with E-state index in [2.05, 4.69) is 24.2 Å². The number of fused-ring (bicyclic) bond motifs is 1. The summed E-state index contributed by atoms with van der Waals surface area (Å²) in [4.78, 5) is 17.2. The number of aromatic nitrogens is 1. The molecule has 0 radical (unpaired) electrons. The molecule has 3 aromatic rings. The zero-order chi connectivity index (χ0) is 15.5. The first-order chi connectivity index (χ1) is 10.6. The maximum atomic E-state index is 12.7. The quantitative estimate of drug-likeness (QED) is 0.696. The van der Waals surface area contributed by atoms with Crippen LogP contribution in [0.3, 0.4) is 0 Å². The van der Waals surface area contributed by atoms with Crippen LogP contribution in [0.15, 0.2) is 54.6 Å². The molecule has 3 rings (SSSR count). The fourth-order valence-corrected chi connectivity index (χ4v) is 3.01. The van der Waals surface area contributed by atoms with Crippen molar-refractivity contribution in [2.75, 3.05) is 13.6 Å². The lowest BCUT2D eigenvalue weighted by Crippen LogP contribution is -3.08. The van der Waals surface area contributed by atoms with E-state index in [9.17, 15) is 4.79 Å². The van der Waals surface area contributed by atoms with Gasteiger partial charge < -0.3 is 9.88 Å². The number of benzene rings is 2. The lowest BCUT2D eigenvalue weighted by atomic mass is 10.1. The fourth-order valence-electron chi connectivity index (χ4n) is 3.01. The predicted molar refractivity (Wildman–Crippen MR) is 89.3 cm³/mol. The van der Waals surface area contributed by atoms with Crippen molar-refractivity contribution in [2.24, 2.45) is 0 Å². The number of carbonyl (C=O) groups excluding carboxylic acids is 1. The molecule has 3 nitrogen and oxygen atoms in total. The van der Waals surface area contributed by atoms with Gasteiger partial charge >= 0.3 is 0 Å². The minimum atomic E-state index is 0.198. The second-order valence-corrected chi connectivity index (χ2v) is 5.89. The number of H-pyrrole nitrogens is 1. The molecule has 0 aliphatic heterocycles. The second kappa shape index (κ2) is 6.16. The smallest absolute Gasteiger partial charge is 0.219 e. The number of hydrogen-bond acceptors (Lipinski definition) is 1. The van der Waals surface area contributed by atoms with Crippen LogP contribution in [0.25, 0.3) is 10.9 Å². The Morgan fingerprint density at radius 3 is 2.50 bits per heavy atom. The summed E-state index contributed by atoms with van der Waals surface area (Å²) in [5.74, 6) is 0.198. The van der Waals surface area contributed by atoms with E-state index >= 15 is 0 Å². The average molecular weight is 293 g/mol. The molecule has 112 valence electrons. The van der Waals surface area contributed by atoms with E-state index < -0.39 is 0 Å². The van der Waals surface area contributed by atoms with Gasteiger partial charge in [0.25, 0.3) is 0 Å². The third-order valence-corrected chi connectivity index (χ3v) is 3.98. The average Bonchev–Trinajstić information content (AvgIpc) is 2.83. The van der Waals surface area contributed by atoms with Crippen molar-refractivity contribution in [3.8, 4) is 0 Å². The highest BCUT2D eigenvalue weighted by Crippen LogP contribution is 2.21. The standard InChI is InChI=1S/C19H20N2O/c1-14-19(16-10-6-7-11-17(16)20-14)18(22)13-21(2)12-15-8-4-3-5-9-15/h3-11,20H,12-13H2,1-2H3/p+1. The fraction of sp³-hybridized carbons (Fsp3) is 0.211. The number of carbonyl (C=O) groups is 1. The van der Waals surface area contributed by atoms with Crippen LogP contribution in [0.1, 0.15) is 21.6 Å². The van der Waals surface area contributed by atoms with Crippen LogP contribution < -0.4 is 4.90 Å². The Morgan fingerprint density at radius 2 is 1.73 bits per heavy atom. The third-order valence-electron chi connectivity index (χ3n) is 3.98. The Kier molecular flexibility index (Phi) is 4.07. The molecule has 3 heteroatoms. The first kappa shape index (κ1) is 14.5. The Labute approximate surface area is 130 Å². The molecule has 1 unspecified atom stereocenters. The summed E-state index contributed by atoms with van der Waals surface area (Å²) in [7, 11) is 2.06. The highest BCUT2D eigenvalue weighted by atomic mass is 16.1. The van der Waals surface area contributed by atoms with Crippen molar-refractivity contribution >= 4 is 16.7 Å². The van der Waals surface area contributed by atoms with Gasteiger partial charge in [0.15, 0.2) is 0 Å². The van der Waals surface area contributed by atoms with E-state index in [1.807, 2.05) is 49.4 Å². The molecule has 0 bridgehead atoms. The highest BCUT2D eigenvalue weighted by molar-refractivity contribution is 6.09. The number of nitrogens with one attached hydrogen (secondary N) is 2. The topological polar surface area (TPSA) is 37.3 Å². The Hall–Kier alpha value is -2.39. The minimum Gasteiger partial charge on any atom is -0.358 e. The maximum Gasteiger partial charge on any atom is 0.219 e. The normalized spacial score (nSPS) is 12.5. The van der Waals surface area contributed by atoms with Crippen molar-refractivity contribution in [1.29, 1.82) is 0 Å². The van der Waals surface area contributed by atoms with E-state index in [1.54, 1.807) is 0 Å². The molecular weight excluding hydrogens is 272 g/mol. The number of aromatic amines is 1. The molecule has 22 heavy (non-hydrogen) atoms. The van der Waals surface area contributed by atoms with Gasteiger partial charge in [-0.3, -0.25) is 4.79 Å². The van der Waals surface area contributed by atoms with E-state index in [0.717, 1.165) is 28.7 Å². The number of rotatable bonds is 5. The second-order valence-electron chi connectivity index (χ2n) is 5.89. The number of quaternary nitrogens is 1. The van der Waals surface area contributed by atoms with Crippen LogP contribution in [-0.4, -0.2) is 24.4 Å². The van der Waals surface area contributed by atoms with Gasteiger partial charge in [0.2, 0.25) is 5.78 Å². The molecule has 0 amide bonds. The molecule has 0 fully saturated rings. The van der Waals surface area contributed by atoms with Crippen LogP contribution >= 0.6 is 0 Å². The summed E-state index contributed by atoms with van der Waals surface area (Å²) in [6.07, 6.45) is 0. The van der Waals surface area contributed by atoms with Crippen molar-refractivity contribution in [1.82, 2.24) is 4.98 Å². The monoisotopic (exact) mass is 293 g/mol. The molecule has 1 heterocycles. The van der Waals surface area contributed by atoms with Gasteiger partial charge in [0.1, 0.15) is 13.1 Å².